The van der Waals surface area contributed by atoms with Gasteiger partial charge < -0.3 is 39.4 Å². The quantitative estimate of drug-likeness (QED) is 0.0311. The fourth-order valence-electron chi connectivity index (χ4n) is 5.95. The van der Waals surface area contributed by atoms with Crippen molar-refractivity contribution < 1.29 is 47.8 Å². The van der Waals surface area contributed by atoms with Gasteiger partial charge in [0, 0.05) is 19.4 Å². The second-order valence-electron chi connectivity index (χ2n) is 14.1. The van der Waals surface area contributed by atoms with E-state index < -0.39 is 44.7 Å². The number of hydrogen-bond acceptors (Lipinski definition) is 11. The molecule has 4 N–H and O–H groups in total. The third kappa shape index (κ3) is 34.4. The van der Waals surface area contributed by atoms with Crippen LogP contribution in [0.5, 0.6) is 0 Å². The van der Waals surface area contributed by atoms with E-state index in [9.17, 15) is 29.3 Å². The number of carbonyl (C=O) groups is 2. The lowest BCUT2D eigenvalue weighted by Gasteiger charge is -2.25. The van der Waals surface area contributed by atoms with Crippen molar-refractivity contribution in [1.82, 2.24) is 0 Å². The highest BCUT2D eigenvalue weighted by molar-refractivity contribution is 7.45. The molecule has 4 atom stereocenters. The lowest BCUT2D eigenvalue weighted by Crippen LogP contribution is -2.30. The third-order valence-electron chi connectivity index (χ3n) is 9.18. The zero-order valence-electron chi connectivity index (χ0n) is 32.5. The van der Waals surface area contributed by atoms with Crippen LogP contribution < -0.4 is 10.6 Å². The summed E-state index contributed by atoms with van der Waals surface area (Å²) in [7, 11) is -4.68. The molecule has 0 amide bonds. The number of nitrogens with two attached hydrogens (primary N) is 1. The van der Waals surface area contributed by atoms with Gasteiger partial charge in [-0.2, -0.15) is 0 Å². The Kier molecular flexibility index (Phi) is 35.2. The van der Waals surface area contributed by atoms with E-state index in [1.54, 1.807) is 0 Å². The van der Waals surface area contributed by atoms with Gasteiger partial charge in [-0.3, -0.25) is 14.2 Å². The summed E-state index contributed by atoms with van der Waals surface area (Å²) in [6.07, 6.45) is 25.5. The molecule has 12 heteroatoms. The SMILES string of the molecule is CCCCCCCCCCCCCCCC(=O)OC[C@H](COP(=O)([O-])OCCN)OC(=O)CCCCC(O)C(O)CCCCCCCCCCC. The third-order valence-corrected chi connectivity index (χ3v) is 10.1. The monoisotopic (exact) mass is 751 g/mol. The molecule has 0 bridgehead atoms. The maximum Gasteiger partial charge on any atom is 0.306 e. The normalized spacial score (nSPS) is 14.5. The van der Waals surface area contributed by atoms with Crippen molar-refractivity contribution in [2.45, 2.75) is 212 Å². The van der Waals surface area contributed by atoms with Gasteiger partial charge in [-0.15, -0.1) is 0 Å². The van der Waals surface area contributed by atoms with Crippen LogP contribution in [0.15, 0.2) is 0 Å². The van der Waals surface area contributed by atoms with Gasteiger partial charge in [-0.05, 0) is 25.7 Å². The van der Waals surface area contributed by atoms with Gasteiger partial charge in [0.1, 0.15) is 6.61 Å². The molecule has 11 nitrogen and oxygen atoms in total. The number of ether oxygens (including phenoxy) is 2. The average molecular weight is 751 g/mol. The standard InChI is InChI=1S/C39H78NO10P/c1-3-5-7-9-11-13-14-15-16-18-20-22-24-29-38(43)47-33-35(34-49-51(45,46)48-32-31-40)50-39(44)30-26-25-28-37(42)36(41)27-23-21-19-17-12-10-8-6-4-2/h35-37,41-42H,3-34,40H2,1-2H3,(H,45,46)/p-1/t35-,36?,37?/m1/s1. The van der Waals surface area contributed by atoms with Crippen molar-refractivity contribution in [2.24, 2.45) is 5.73 Å². The predicted molar refractivity (Wildman–Crippen MR) is 202 cm³/mol. The van der Waals surface area contributed by atoms with E-state index in [1.165, 1.54) is 96.3 Å². The van der Waals surface area contributed by atoms with Crippen LogP contribution in [0, 0.1) is 0 Å². The summed E-state index contributed by atoms with van der Waals surface area (Å²) in [4.78, 5) is 36.9. The number of hydrogen-bond donors (Lipinski definition) is 3. The second kappa shape index (κ2) is 35.9. The molecule has 304 valence electrons. The summed E-state index contributed by atoms with van der Waals surface area (Å²) in [5.74, 6) is -1.05. The number of aliphatic hydroxyl groups is 2. The van der Waals surface area contributed by atoms with Gasteiger partial charge in [0.2, 0.25) is 0 Å². The molecule has 51 heavy (non-hydrogen) atoms. The van der Waals surface area contributed by atoms with Crippen molar-refractivity contribution in [2.75, 3.05) is 26.4 Å². The smallest absolute Gasteiger partial charge is 0.306 e. The van der Waals surface area contributed by atoms with Crippen LogP contribution in [0.4, 0.5) is 0 Å². The Morgan fingerprint density at radius 3 is 1.45 bits per heavy atom. The van der Waals surface area contributed by atoms with Crippen LogP contribution >= 0.6 is 7.82 Å². The van der Waals surface area contributed by atoms with Gasteiger partial charge in [-0.25, -0.2) is 0 Å². The summed E-state index contributed by atoms with van der Waals surface area (Å²) in [5.41, 5.74) is 5.30. The summed E-state index contributed by atoms with van der Waals surface area (Å²) in [6.45, 7) is 3.27. The van der Waals surface area contributed by atoms with Gasteiger partial charge in [0.05, 0.1) is 25.4 Å². The van der Waals surface area contributed by atoms with E-state index in [2.05, 4.69) is 18.4 Å². The van der Waals surface area contributed by atoms with Crippen LogP contribution in [0.2, 0.25) is 0 Å². The van der Waals surface area contributed by atoms with E-state index in [-0.39, 0.29) is 32.6 Å². The van der Waals surface area contributed by atoms with E-state index in [4.69, 9.17) is 19.7 Å². The number of phosphoric acid groups is 1. The molecule has 0 saturated heterocycles. The molecule has 0 aliphatic carbocycles. The molecule has 0 spiro atoms. The molecule has 0 fully saturated rings. The summed E-state index contributed by atoms with van der Waals surface area (Å²) in [6, 6.07) is 0. The van der Waals surface area contributed by atoms with Crippen LogP contribution in [0.1, 0.15) is 194 Å². The maximum absolute atomic E-state index is 12.6. The number of aliphatic hydroxyl groups excluding tert-OH is 2. The molecule has 3 unspecified atom stereocenters. The molecule has 0 aromatic heterocycles. The maximum atomic E-state index is 12.6. The van der Waals surface area contributed by atoms with Gasteiger partial charge in [0.15, 0.2) is 6.10 Å². The summed E-state index contributed by atoms with van der Waals surface area (Å²) < 4.78 is 32.2. The molecular weight excluding hydrogens is 673 g/mol. The lowest BCUT2D eigenvalue weighted by atomic mass is 10.00. The van der Waals surface area contributed by atoms with Crippen molar-refractivity contribution in [3.63, 3.8) is 0 Å². The Morgan fingerprint density at radius 2 is 0.980 bits per heavy atom. The minimum absolute atomic E-state index is 0.0170. The Morgan fingerprint density at radius 1 is 0.588 bits per heavy atom. The Balaban J connectivity index is 4.33. The van der Waals surface area contributed by atoms with E-state index >= 15 is 0 Å². The van der Waals surface area contributed by atoms with Crippen LogP contribution in [-0.4, -0.2) is 66.8 Å². The van der Waals surface area contributed by atoms with Crippen molar-refractivity contribution in [3.8, 4) is 0 Å². The minimum atomic E-state index is -4.68. The number of rotatable bonds is 39. The predicted octanol–water partition coefficient (Wildman–Crippen LogP) is 8.59. The van der Waals surface area contributed by atoms with Gasteiger partial charge >= 0.3 is 11.9 Å². The molecule has 0 heterocycles. The lowest BCUT2D eigenvalue weighted by molar-refractivity contribution is -0.228. The molecule has 0 aromatic carbocycles. The van der Waals surface area contributed by atoms with Crippen LogP contribution in [-0.2, 0) is 32.7 Å². The summed E-state index contributed by atoms with van der Waals surface area (Å²) >= 11 is 0. The first kappa shape index (κ1) is 49.9. The zero-order chi connectivity index (χ0) is 37.8. The largest absolute Gasteiger partial charge is 0.756 e. The fourth-order valence-corrected chi connectivity index (χ4v) is 6.71. The first-order valence-electron chi connectivity index (χ1n) is 20.7. The Bertz CT molecular complexity index is 849. The van der Waals surface area contributed by atoms with Gasteiger partial charge in [-0.1, -0.05) is 155 Å². The van der Waals surface area contributed by atoms with E-state index in [0.717, 1.165) is 38.5 Å². The molecular formula is C39H77NO10P-. The topological polar surface area (TPSA) is 178 Å². The van der Waals surface area contributed by atoms with Gasteiger partial charge in [0.25, 0.3) is 7.82 Å². The molecule has 0 aliphatic rings. The van der Waals surface area contributed by atoms with Crippen molar-refractivity contribution in [3.05, 3.63) is 0 Å². The highest BCUT2D eigenvalue weighted by Crippen LogP contribution is 2.38. The first-order chi connectivity index (χ1) is 24.6. The highest BCUT2D eigenvalue weighted by Gasteiger charge is 2.21. The number of carbonyl (C=O) groups excluding carboxylic acids is 2. The molecule has 0 aromatic rings. The second-order valence-corrected chi connectivity index (χ2v) is 15.6. The zero-order valence-corrected chi connectivity index (χ0v) is 33.4. The number of esters is 2. The Labute approximate surface area is 311 Å². The van der Waals surface area contributed by atoms with E-state index in [0.29, 0.717) is 32.1 Å². The average Bonchev–Trinajstić information content (AvgIpc) is 3.11. The molecule has 0 radical (unpaired) electrons. The molecule has 0 saturated carbocycles. The Hall–Kier alpha value is -1.07. The minimum Gasteiger partial charge on any atom is -0.756 e. The molecule has 0 aliphatic heterocycles. The van der Waals surface area contributed by atoms with Crippen LogP contribution in [0.3, 0.4) is 0 Å². The number of phosphoric ester groups is 1. The van der Waals surface area contributed by atoms with Crippen LogP contribution in [0.25, 0.3) is 0 Å². The van der Waals surface area contributed by atoms with Crippen molar-refractivity contribution >= 4 is 19.8 Å². The van der Waals surface area contributed by atoms with Crippen molar-refractivity contribution in [1.29, 1.82) is 0 Å². The fraction of sp³-hybridized carbons (Fsp3) is 0.949. The number of unbranched alkanes of at least 4 members (excludes halogenated alkanes) is 21. The van der Waals surface area contributed by atoms with E-state index in [1.807, 2.05) is 0 Å². The highest BCUT2D eigenvalue weighted by atomic mass is 31.2. The first-order valence-corrected chi connectivity index (χ1v) is 22.1. The summed E-state index contributed by atoms with van der Waals surface area (Å²) in [5, 5.41) is 20.7. The molecule has 0 rings (SSSR count).